The van der Waals surface area contributed by atoms with E-state index in [1.807, 2.05) is 13.0 Å². The van der Waals surface area contributed by atoms with Gasteiger partial charge in [0.1, 0.15) is 22.0 Å². The van der Waals surface area contributed by atoms with Crippen LogP contribution < -0.4 is 14.6 Å². The van der Waals surface area contributed by atoms with Gasteiger partial charge in [-0.1, -0.05) is 18.2 Å². The number of hydrogen-bond acceptors (Lipinski definition) is 8. The molecule has 0 N–H and O–H groups in total. The lowest BCUT2D eigenvalue weighted by Crippen LogP contribution is -2.39. The van der Waals surface area contributed by atoms with Crippen molar-refractivity contribution < 1.29 is 37.1 Å². The van der Waals surface area contributed by atoms with Crippen LogP contribution in [-0.2, 0) is 19.7 Å². The SMILES string of the molecule is C/C=C/c1ccc(OCC(=O)C(CC(=O)[O-])S(=O)(=O)[O-])c(OC)c1. The summed E-state index contributed by atoms with van der Waals surface area (Å²) in [5.74, 6) is -2.55. The molecule has 0 aliphatic heterocycles. The number of rotatable bonds is 9. The number of Topliss-reactive ketones (excluding diaryl/α,β-unsaturated/α-hetero) is 1. The summed E-state index contributed by atoms with van der Waals surface area (Å²) in [5.41, 5.74) is 0.810. The molecule has 0 aliphatic rings. The van der Waals surface area contributed by atoms with E-state index in [9.17, 15) is 27.7 Å². The maximum absolute atomic E-state index is 11.8. The van der Waals surface area contributed by atoms with Crippen LogP contribution in [0.1, 0.15) is 18.9 Å². The van der Waals surface area contributed by atoms with Gasteiger partial charge in [0.05, 0.1) is 7.11 Å². The quantitative estimate of drug-likeness (QED) is 0.552. The Morgan fingerprint density at radius 3 is 2.46 bits per heavy atom. The Morgan fingerprint density at radius 2 is 1.96 bits per heavy atom. The zero-order valence-electron chi connectivity index (χ0n) is 13.1. The summed E-state index contributed by atoms with van der Waals surface area (Å²) in [6, 6.07) is 4.80. The molecule has 0 saturated heterocycles. The highest BCUT2D eigenvalue weighted by atomic mass is 32.2. The monoisotopic (exact) mass is 356 g/mol. The minimum absolute atomic E-state index is 0.148. The fourth-order valence-electron chi connectivity index (χ4n) is 1.87. The Labute approximate surface area is 139 Å². The Kier molecular flexibility index (Phi) is 6.93. The lowest BCUT2D eigenvalue weighted by Gasteiger charge is -2.20. The van der Waals surface area contributed by atoms with Gasteiger partial charge in [0.2, 0.25) is 0 Å². The standard InChI is InChI=1S/C15H18O8S/c1-3-4-10-5-6-12(13(7-10)22-2)23-9-11(16)14(8-15(17)18)24(19,20)21/h3-7,14H,8-9H2,1-2H3,(H,17,18)(H,19,20,21)/p-2/b4-3+. The van der Waals surface area contributed by atoms with Gasteiger partial charge in [-0.05, 0) is 24.6 Å². The van der Waals surface area contributed by atoms with E-state index in [4.69, 9.17) is 9.47 Å². The zero-order chi connectivity index (χ0) is 18.3. The molecule has 1 aromatic carbocycles. The summed E-state index contributed by atoms with van der Waals surface area (Å²) in [4.78, 5) is 22.3. The van der Waals surface area contributed by atoms with Crippen LogP contribution in [0.25, 0.3) is 6.08 Å². The van der Waals surface area contributed by atoms with Gasteiger partial charge >= 0.3 is 0 Å². The molecular formula is C15H16O8S-2. The summed E-state index contributed by atoms with van der Waals surface area (Å²) < 4.78 is 43.3. The van der Waals surface area contributed by atoms with E-state index < -0.39 is 40.1 Å². The van der Waals surface area contributed by atoms with E-state index in [1.165, 1.54) is 13.2 Å². The Hall–Kier alpha value is -2.39. The number of benzene rings is 1. The zero-order valence-corrected chi connectivity index (χ0v) is 13.9. The first kappa shape index (κ1) is 19.7. The van der Waals surface area contributed by atoms with Crippen molar-refractivity contribution in [1.82, 2.24) is 0 Å². The minimum atomic E-state index is -5.13. The maximum atomic E-state index is 11.8. The van der Waals surface area contributed by atoms with Gasteiger partial charge in [-0.25, -0.2) is 8.42 Å². The summed E-state index contributed by atoms with van der Waals surface area (Å²) in [6.07, 6.45) is 2.39. The largest absolute Gasteiger partial charge is 0.747 e. The van der Waals surface area contributed by atoms with Gasteiger partial charge in [0, 0.05) is 12.4 Å². The van der Waals surface area contributed by atoms with Crippen LogP contribution in [0, 0.1) is 0 Å². The van der Waals surface area contributed by atoms with Crippen molar-refractivity contribution in [2.75, 3.05) is 13.7 Å². The molecule has 132 valence electrons. The number of aliphatic carboxylic acids is 1. The molecule has 0 amide bonds. The molecule has 0 radical (unpaired) electrons. The first-order valence-electron chi connectivity index (χ1n) is 6.79. The Morgan fingerprint density at radius 1 is 1.29 bits per heavy atom. The van der Waals surface area contributed by atoms with E-state index in [0.717, 1.165) is 5.56 Å². The second kappa shape index (κ2) is 8.46. The van der Waals surface area contributed by atoms with Crippen LogP contribution in [0.5, 0.6) is 11.5 Å². The second-order valence-electron chi connectivity index (χ2n) is 4.72. The third-order valence-electron chi connectivity index (χ3n) is 2.98. The van der Waals surface area contributed by atoms with Gasteiger partial charge in [-0.2, -0.15) is 0 Å². The second-order valence-corrected chi connectivity index (χ2v) is 6.28. The molecule has 1 aromatic rings. The fraction of sp³-hybridized carbons (Fsp3) is 0.333. The summed E-state index contributed by atoms with van der Waals surface area (Å²) in [6.45, 7) is 1.04. The summed E-state index contributed by atoms with van der Waals surface area (Å²) >= 11 is 0. The van der Waals surface area contributed by atoms with Crippen LogP contribution in [0.2, 0.25) is 0 Å². The summed E-state index contributed by atoms with van der Waals surface area (Å²) in [7, 11) is -3.75. The molecule has 24 heavy (non-hydrogen) atoms. The van der Waals surface area contributed by atoms with Crippen molar-refractivity contribution in [2.24, 2.45) is 0 Å². The molecule has 8 nitrogen and oxygen atoms in total. The van der Waals surface area contributed by atoms with Crippen LogP contribution in [0.4, 0.5) is 0 Å². The van der Waals surface area contributed by atoms with E-state index >= 15 is 0 Å². The van der Waals surface area contributed by atoms with E-state index in [2.05, 4.69) is 0 Å². The predicted octanol–water partition coefficient (Wildman–Crippen LogP) is -0.270. The van der Waals surface area contributed by atoms with E-state index in [0.29, 0.717) is 5.75 Å². The Balaban J connectivity index is 2.90. The molecule has 9 heteroatoms. The van der Waals surface area contributed by atoms with Crippen LogP contribution in [0.3, 0.4) is 0 Å². The molecule has 0 bridgehead atoms. The molecule has 1 atom stereocenters. The third-order valence-corrected chi connectivity index (χ3v) is 4.10. The topological polar surface area (TPSA) is 133 Å². The number of allylic oxidation sites excluding steroid dienone is 1. The average Bonchev–Trinajstić information content (AvgIpc) is 2.50. The number of ketones is 1. The number of ether oxygens (including phenoxy) is 2. The number of carbonyl (C=O) groups excluding carboxylic acids is 2. The normalized spacial score (nSPS) is 12.8. The van der Waals surface area contributed by atoms with E-state index in [1.54, 1.807) is 18.2 Å². The number of carboxylic acids is 1. The van der Waals surface area contributed by atoms with Crippen molar-refractivity contribution in [1.29, 1.82) is 0 Å². The average molecular weight is 356 g/mol. The maximum Gasteiger partial charge on any atom is 0.187 e. The molecule has 0 aromatic heterocycles. The van der Waals surface area contributed by atoms with Crippen molar-refractivity contribution in [3.63, 3.8) is 0 Å². The van der Waals surface area contributed by atoms with Crippen LogP contribution in [-0.4, -0.2) is 43.7 Å². The summed E-state index contributed by atoms with van der Waals surface area (Å²) in [5, 5.41) is 8.25. The number of carbonyl (C=O) groups is 2. The van der Waals surface area contributed by atoms with Gasteiger partial charge in [0.15, 0.2) is 17.3 Å². The van der Waals surface area contributed by atoms with Crippen molar-refractivity contribution in [2.45, 2.75) is 18.6 Å². The minimum Gasteiger partial charge on any atom is -0.747 e. The number of hydrogen-bond donors (Lipinski definition) is 0. The molecule has 0 saturated carbocycles. The van der Waals surface area contributed by atoms with Gasteiger partial charge in [0.25, 0.3) is 0 Å². The van der Waals surface area contributed by atoms with Crippen molar-refractivity contribution >= 4 is 27.9 Å². The number of methoxy groups -OCH3 is 1. The highest BCUT2D eigenvalue weighted by molar-refractivity contribution is 7.87. The molecule has 1 rings (SSSR count). The van der Waals surface area contributed by atoms with E-state index in [-0.39, 0.29) is 5.75 Å². The smallest absolute Gasteiger partial charge is 0.187 e. The molecule has 0 heterocycles. The Bertz CT molecular complexity index is 736. The highest BCUT2D eigenvalue weighted by Gasteiger charge is 2.26. The first-order valence-corrected chi connectivity index (χ1v) is 8.27. The molecule has 0 aliphatic carbocycles. The number of carboxylic acid groups (broad SMARTS) is 1. The lowest BCUT2D eigenvalue weighted by atomic mass is 10.2. The van der Waals surface area contributed by atoms with Gasteiger partial charge in [-0.15, -0.1) is 0 Å². The van der Waals surface area contributed by atoms with Crippen LogP contribution in [0.15, 0.2) is 24.3 Å². The molecular weight excluding hydrogens is 340 g/mol. The first-order chi connectivity index (χ1) is 11.2. The van der Waals surface area contributed by atoms with Crippen molar-refractivity contribution in [3.8, 4) is 11.5 Å². The molecule has 1 unspecified atom stereocenters. The predicted molar refractivity (Wildman–Crippen MR) is 81.3 cm³/mol. The third kappa shape index (κ3) is 5.67. The molecule has 0 spiro atoms. The van der Waals surface area contributed by atoms with Crippen molar-refractivity contribution in [3.05, 3.63) is 29.8 Å². The van der Waals surface area contributed by atoms with Gasteiger partial charge in [-0.3, -0.25) is 4.79 Å². The highest BCUT2D eigenvalue weighted by Crippen LogP contribution is 2.28. The van der Waals surface area contributed by atoms with Gasteiger partial charge < -0.3 is 23.9 Å². The molecule has 0 fully saturated rings. The lowest BCUT2D eigenvalue weighted by molar-refractivity contribution is -0.305. The fourth-order valence-corrected chi connectivity index (χ4v) is 2.60. The van der Waals surface area contributed by atoms with Crippen LogP contribution >= 0.6 is 0 Å².